The molecule has 2 nitrogen and oxygen atoms in total. The standard InChI is InChI=1S/C46H29NO/c1-3-9-30(10-4-1)32-20-23-39-33(25-32)17-18-34-26-37(22-24-40(34)39)47(36-11-5-2-6-12-36)38-21-19-31-15-16-35-27-46-44(29-43(35)42(31)28-38)41-13-7-8-14-45(41)48-46/h1-29H. The SMILES string of the molecule is c1ccc(-c2ccc3c(ccc4cc(N(c5ccccc5)c5ccc6ccc7cc8oc9ccccc9c8cc7c6c5)ccc43)c2)cc1. The van der Waals surface area contributed by atoms with Gasteiger partial charge in [0.15, 0.2) is 0 Å². The minimum absolute atomic E-state index is 0.920. The molecule has 0 aliphatic rings. The number of para-hydroxylation sites is 2. The molecule has 1 heterocycles. The minimum Gasteiger partial charge on any atom is -0.456 e. The van der Waals surface area contributed by atoms with E-state index in [0.717, 1.165) is 39.0 Å². The maximum atomic E-state index is 6.23. The second kappa shape index (κ2) is 10.6. The average Bonchev–Trinajstić information content (AvgIpc) is 3.52. The van der Waals surface area contributed by atoms with E-state index < -0.39 is 0 Å². The molecule has 0 amide bonds. The average molecular weight is 612 g/mol. The van der Waals surface area contributed by atoms with Gasteiger partial charge in [0.25, 0.3) is 0 Å². The van der Waals surface area contributed by atoms with Crippen LogP contribution in [0.25, 0.3) is 76.2 Å². The van der Waals surface area contributed by atoms with E-state index in [1.807, 2.05) is 12.1 Å². The Hall–Kier alpha value is -6.38. The van der Waals surface area contributed by atoms with E-state index in [1.54, 1.807) is 0 Å². The first kappa shape index (κ1) is 26.8. The second-order valence-electron chi connectivity index (χ2n) is 12.6. The van der Waals surface area contributed by atoms with Gasteiger partial charge in [-0.2, -0.15) is 0 Å². The number of hydrogen-bond donors (Lipinski definition) is 0. The van der Waals surface area contributed by atoms with Crippen molar-refractivity contribution < 1.29 is 4.42 Å². The Balaban J connectivity index is 1.14. The van der Waals surface area contributed by atoms with Crippen molar-refractivity contribution in [3.63, 3.8) is 0 Å². The van der Waals surface area contributed by atoms with Gasteiger partial charge in [-0.25, -0.2) is 0 Å². The van der Waals surface area contributed by atoms with Crippen LogP contribution in [0.15, 0.2) is 180 Å². The predicted octanol–water partition coefficient (Wildman–Crippen LogP) is 13.3. The third-order valence-electron chi connectivity index (χ3n) is 9.78. The molecule has 1 aromatic heterocycles. The lowest BCUT2D eigenvalue weighted by atomic mass is 9.97. The van der Waals surface area contributed by atoms with Crippen molar-refractivity contribution in [3.05, 3.63) is 176 Å². The summed E-state index contributed by atoms with van der Waals surface area (Å²) >= 11 is 0. The number of rotatable bonds is 4. The molecule has 0 saturated carbocycles. The van der Waals surface area contributed by atoms with Crippen molar-refractivity contribution in [1.82, 2.24) is 0 Å². The number of furan rings is 1. The second-order valence-corrected chi connectivity index (χ2v) is 12.6. The highest BCUT2D eigenvalue weighted by atomic mass is 16.3. The molecule has 0 spiro atoms. The Morgan fingerprint density at radius 1 is 0.292 bits per heavy atom. The van der Waals surface area contributed by atoms with Crippen LogP contribution in [-0.2, 0) is 0 Å². The van der Waals surface area contributed by atoms with Crippen molar-refractivity contribution in [1.29, 1.82) is 0 Å². The van der Waals surface area contributed by atoms with Crippen LogP contribution in [0.4, 0.5) is 17.1 Å². The lowest BCUT2D eigenvalue weighted by Crippen LogP contribution is -2.09. The fourth-order valence-corrected chi connectivity index (χ4v) is 7.43. The van der Waals surface area contributed by atoms with Gasteiger partial charge in [0, 0.05) is 27.8 Å². The summed E-state index contributed by atoms with van der Waals surface area (Å²) in [5, 5.41) is 12.1. The summed E-state index contributed by atoms with van der Waals surface area (Å²) in [6.07, 6.45) is 0. The Labute approximate surface area is 277 Å². The molecule has 0 N–H and O–H groups in total. The van der Waals surface area contributed by atoms with E-state index in [4.69, 9.17) is 4.42 Å². The van der Waals surface area contributed by atoms with Crippen LogP contribution in [0.5, 0.6) is 0 Å². The topological polar surface area (TPSA) is 16.4 Å². The molecule has 0 radical (unpaired) electrons. The third kappa shape index (κ3) is 4.27. The molecule has 10 rings (SSSR count). The Bertz CT molecular complexity index is 2830. The summed E-state index contributed by atoms with van der Waals surface area (Å²) in [5.41, 5.74) is 7.67. The predicted molar refractivity (Wildman–Crippen MR) is 204 cm³/mol. The van der Waals surface area contributed by atoms with Gasteiger partial charge in [0.2, 0.25) is 0 Å². The van der Waals surface area contributed by atoms with Crippen LogP contribution < -0.4 is 4.90 Å². The molecule has 0 aliphatic heterocycles. The van der Waals surface area contributed by atoms with E-state index >= 15 is 0 Å². The molecule has 0 saturated heterocycles. The summed E-state index contributed by atoms with van der Waals surface area (Å²) in [6.45, 7) is 0. The Morgan fingerprint density at radius 3 is 1.73 bits per heavy atom. The maximum absolute atomic E-state index is 6.23. The van der Waals surface area contributed by atoms with Crippen molar-refractivity contribution in [2.75, 3.05) is 4.90 Å². The van der Waals surface area contributed by atoms with Crippen LogP contribution in [0.1, 0.15) is 0 Å². The van der Waals surface area contributed by atoms with Crippen LogP contribution in [-0.4, -0.2) is 0 Å². The van der Waals surface area contributed by atoms with Crippen LogP contribution >= 0.6 is 0 Å². The molecule has 9 aromatic carbocycles. The van der Waals surface area contributed by atoms with E-state index in [1.165, 1.54) is 54.2 Å². The first-order valence-corrected chi connectivity index (χ1v) is 16.4. The summed E-state index contributed by atoms with van der Waals surface area (Å²) in [6, 6.07) is 63.5. The quantitative estimate of drug-likeness (QED) is 0.184. The fraction of sp³-hybridized carbons (Fsp3) is 0. The van der Waals surface area contributed by atoms with E-state index in [-0.39, 0.29) is 0 Å². The molecule has 10 aromatic rings. The van der Waals surface area contributed by atoms with Gasteiger partial charge < -0.3 is 9.32 Å². The summed E-state index contributed by atoms with van der Waals surface area (Å²) in [7, 11) is 0. The van der Waals surface area contributed by atoms with Gasteiger partial charge in [0.05, 0.1) is 0 Å². The van der Waals surface area contributed by atoms with Crippen LogP contribution in [0.3, 0.4) is 0 Å². The first-order valence-electron chi connectivity index (χ1n) is 16.4. The van der Waals surface area contributed by atoms with Gasteiger partial charge >= 0.3 is 0 Å². The van der Waals surface area contributed by atoms with E-state index in [0.29, 0.717) is 0 Å². The molecule has 0 aliphatic carbocycles. The lowest BCUT2D eigenvalue weighted by molar-refractivity contribution is 0.669. The molecule has 0 unspecified atom stereocenters. The van der Waals surface area contributed by atoms with Gasteiger partial charge in [-0.1, -0.05) is 115 Å². The lowest BCUT2D eigenvalue weighted by Gasteiger charge is -2.26. The zero-order valence-electron chi connectivity index (χ0n) is 26.1. The molecule has 48 heavy (non-hydrogen) atoms. The van der Waals surface area contributed by atoms with E-state index in [9.17, 15) is 0 Å². The molecule has 0 fully saturated rings. The first-order chi connectivity index (χ1) is 23.8. The molecule has 224 valence electrons. The van der Waals surface area contributed by atoms with Crippen molar-refractivity contribution in [2.24, 2.45) is 0 Å². The van der Waals surface area contributed by atoms with Crippen molar-refractivity contribution >= 4 is 82.1 Å². The molecule has 2 heteroatoms. The zero-order valence-corrected chi connectivity index (χ0v) is 26.1. The largest absolute Gasteiger partial charge is 0.456 e. The van der Waals surface area contributed by atoms with Crippen LogP contribution in [0.2, 0.25) is 0 Å². The number of fused-ring (bicyclic) bond motifs is 9. The van der Waals surface area contributed by atoms with E-state index in [2.05, 4.69) is 169 Å². The normalized spacial score (nSPS) is 11.8. The molecule has 0 bridgehead atoms. The molecular weight excluding hydrogens is 583 g/mol. The fourth-order valence-electron chi connectivity index (χ4n) is 7.43. The van der Waals surface area contributed by atoms with Gasteiger partial charge in [-0.05, 0) is 115 Å². The highest BCUT2D eigenvalue weighted by molar-refractivity contribution is 6.17. The highest BCUT2D eigenvalue weighted by Crippen LogP contribution is 2.41. The molecular formula is C46H29NO. The van der Waals surface area contributed by atoms with Gasteiger partial charge in [-0.3, -0.25) is 0 Å². The van der Waals surface area contributed by atoms with Gasteiger partial charge in [0.1, 0.15) is 11.2 Å². The number of hydrogen-bond acceptors (Lipinski definition) is 2. The van der Waals surface area contributed by atoms with Gasteiger partial charge in [-0.15, -0.1) is 0 Å². The van der Waals surface area contributed by atoms with Crippen LogP contribution in [0, 0.1) is 0 Å². The summed E-state index contributed by atoms with van der Waals surface area (Å²) in [5.74, 6) is 0. The van der Waals surface area contributed by atoms with Crippen molar-refractivity contribution in [2.45, 2.75) is 0 Å². The monoisotopic (exact) mass is 611 g/mol. The Morgan fingerprint density at radius 2 is 0.896 bits per heavy atom. The summed E-state index contributed by atoms with van der Waals surface area (Å²) < 4.78 is 6.23. The number of anilines is 3. The van der Waals surface area contributed by atoms with Crippen molar-refractivity contribution in [3.8, 4) is 11.1 Å². The number of nitrogens with zero attached hydrogens (tertiary/aromatic N) is 1. The number of benzene rings is 9. The highest BCUT2D eigenvalue weighted by Gasteiger charge is 2.16. The maximum Gasteiger partial charge on any atom is 0.136 e. The molecule has 0 atom stereocenters. The third-order valence-corrected chi connectivity index (χ3v) is 9.78. The summed E-state index contributed by atoms with van der Waals surface area (Å²) in [4.78, 5) is 2.37. The Kier molecular flexibility index (Phi) is 5.91. The zero-order chi connectivity index (χ0) is 31.6. The smallest absolute Gasteiger partial charge is 0.136 e. The minimum atomic E-state index is 0.920.